The van der Waals surface area contributed by atoms with Crippen LogP contribution in [0.1, 0.15) is 5.56 Å². The van der Waals surface area contributed by atoms with E-state index in [4.69, 9.17) is 11.5 Å². The van der Waals surface area contributed by atoms with Gasteiger partial charge in [0, 0.05) is 17.0 Å². The van der Waals surface area contributed by atoms with Crippen molar-refractivity contribution < 1.29 is 9.90 Å². The minimum atomic E-state index is -1.30. The minimum Gasteiger partial charge on any atom is -0.464 e. The molecule has 1 heterocycles. The predicted molar refractivity (Wildman–Crippen MR) is 59.6 cm³/mol. The van der Waals surface area contributed by atoms with Gasteiger partial charge in [0.1, 0.15) is 0 Å². The zero-order valence-electron chi connectivity index (χ0n) is 8.18. The van der Waals surface area contributed by atoms with Gasteiger partial charge in [-0.15, -0.1) is 6.42 Å². The Hall–Kier alpha value is -2.54. The van der Waals surface area contributed by atoms with E-state index in [1.807, 2.05) is 0 Å². The normalized spacial score (nSPS) is 9.94. The van der Waals surface area contributed by atoms with Crippen molar-refractivity contribution in [2.24, 2.45) is 0 Å². The second-order valence-corrected chi connectivity index (χ2v) is 3.21. The number of hydrogen-bond acceptors (Lipinski definition) is 2. The molecule has 1 N–H and O–H groups in total. The van der Waals surface area contributed by atoms with E-state index in [9.17, 15) is 9.59 Å². The average molecular weight is 213 g/mol. The van der Waals surface area contributed by atoms with Crippen molar-refractivity contribution in [3.8, 4) is 12.3 Å². The Labute approximate surface area is 90.8 Å². The molecule has 2 aromatic rings. The molecule has 4 heteroatoms. The maximum atomic E-state index is 11.4. The summed E-state index contributed by atoms with van der Waals surface area (Å²) in [7, 11) is 0. The van der Waals surface area contributed by atoms with Crippen LogP contribution in [0.2, 0.25) is 0 Å². The number of nitrogens with zero attached hydrogens (tertiary/aromatic N) is 1. The van der Waals surface area contributed by atoms with Crippen LogP contribution < -0.4 is 5.56 Å². The number of fused-ring (bicyclic) bond motifs is 1. The van der Waals surface area contributed by atoms with E-state index in [1.54, 1.807) is 18.2 Å². The molecule has 1 aromatic carbocycles. The number of terminal acetylenes is 1. The fourth-order valence-electron chi connectivity index (χ4n) is 1.53. The standard InChI is InChI=1S/C12H7NO3/c1-2-8-3-5-10-9(7-8)4-6-11(14)13(10)12(15)16/h1,3-7H,(H,15,16). The smallest absolute Gasteiger partial charge is 0.419 e. The van der Waals surface area contributed by atoms with Gasteiger partial charge < -0.3 is 5.11 Å². The van der Waals surface area contributed by atoms with E-state index in [0.717, 1.165) is 0 Å². The topological polar surface area (TPSA) is 59.3 Å². The monoisotopic (exact) mass is 213 g/mol. The zero-order valence-corrected chi connectivity index (χ0v) is 8.18. The van der Waals surface area contributed by atoms with Crippen molar-refractivity contribution in [2.45, 2.75) is 0 Å². The van der Waals surface area contributed by atoms with Gasteiger partial charge in [0.05, 0.1) is 5.52 Å². The summed E-state index contributed by atoms with van der Waals surface area (Å²) in [5.74, 6) is 2.45. The molecule has 1 aromatic heterocycles. The Balaban J connectivity index is 2.91. The van der Waals surface area contributed by atoms with Crippen molar-refractivity contribution in [1.82, 2.24) is 4.57 Å². The lowest BCUT2D eigenvalue weighted by Crippen LogP contribution is -2.25. The Bertz CT molecular complexity index is 677. The molecule has 0 bridgehead atoms. The molecule has 2 rings (SSSR count). The molecule has 0 amide bonds. The third-order valence-corrected chi connectivity index (χ3v) is 2.25. The molecule has 0 saturated carbocycles. The van der Waals surface area contributed by atoms with Crippen LogP contribution in [0.5, 0.6) is 0 Å². The van der Waals surface area contributed by atoms with Gasteiger partial charge >= 0.3 is 6.09 Å². The fourth-order valence-corrected chi connectivity index (χ4v) is 1.53. The highest BCUT2D eigenvalue weighted by Crippen LogP contribution is 2.13. The van der Waals surface area contributed by atoms with Gasteiger partial charge in [-0.05, 0) is 24.3 Å². The number of carboxylic acid groups (broad SMARTS) is 1. The summed E-state index contributed by atoms with van der Waals surface area (Å²) in [5.41, 5.74) is 0.399. The highest BCUT2D eigenvalue weighted by molar-refractivity contribution is 5.88. The first kappa shape index (κ1) is 9.99. The van der Waals surface area contributed by atoms with Gasteiger partial charge in [-0.1, -0.05) is 5.92 Å². The van der Waals surface area contributed by atoms with Gasteiger partial charge in [0.2, 0.25) is 0 Å². The van der Waals surface area contributed by atoms with E-state index in [2.05, 4.69) is 5.92 Å². The molecule has 0 saturated heterocycles. The Morgan fingerprint density at radius 2 is 2.06 bits per heavy atom. The van der Waals surface area contributed by atoms with Crippen LogP contribution in [-0.2, 0) is 0 Å². The first-order valence-electron chi connectivity index (χ1n) is 4.49. The molecule has 78 valence electrons. The summed E-state index contributed by atoms with van der Waals surface area (Å²) in [6.45, 7) is 0. The van der Waals surface area contributed by atoms with Gasteiger partial charge in [-0.25, -0.2) is 9.36 Å². The number of rotatable bonds is 0. The van der Waals surface area contributed by atoms with E-state index < -0.39 is 11.7 Å². The van der Waals surface area contributed by atoms with Crippen molar-refractivity contribution in [2.75, 3.05) is 0 Å². The Kier molecular flexibility index (Phi) is 2.22. The molecule has 4 nitrogen and oxygen atoms in total. The SMILES string of the molecule is C#Cc1ccc2c(ccc(=O)n2C(=O)O)c1. The van der Waals surface area contributed by atoms with Crippen molar-refractivity contribution in [3.05, 3.63) is 46.2 Å². The highest BCUT2D eigenvalue weighted by Gasteiger charge is 2.08. The van der Waals surface area contributed by atoms with Gasteiger partial charge in [0.15, 0.2) is 0 Å². The molecule has 0 radical (unpaired) electrons. The summed E-state index contributed by atoms with van der Waals surface area (Å²) < 4.78 is 0.690. The molecule has 0 unspecified atom stereocenters. The minimum absolute atomic E-state index is 0.332. The molecule has 0 atom stereocenters. The summed E-state index contributed by atoms with van der Waals surface area (Å²) in [4.78, 5) is 22.3. The van der Waals surface area contributed by atoms with Gasteiger partial charge in [-0.3, -0.25) is 4.79 Å². The van der Waals surface area contributed by atoms with Gasteiger partial charge in [0.25, 0.3) is 5.56 Å². The quantitative estimate of drug-likeness (QED) is 0.675. The summed E-state index contributed by atoms with van der Waals surface area (Å²) in [6, 6.07) is 7.55. The maximum Gasteiger partial charge on any atom is 0.419 e. The first-order chi connectivity index (χ1) is 7.63. The number of pyridine rings is 1. The molecule has 0 aliphatic carbocycles. The van der Waals surface area contributed by atoms with Crippen LogP contribution >= 0.6 is 0 Å². The maximum absolute atomic E-state index is 11.4. The lowest BCUT2D eigenvalue weighted by Gasteiger charge is -2.04. The lowest BCUT2D eigenvalue weighted by molar-refractivity contribution is 0.196. The van der Waals surface area contributed by atoms with E-state index in [1.165, 1.54) is 12.1 Å². The molecule has 0 spiro atoms. The molecular formula is C12H7NO3. The van der Waals surface area contributed by atoms with Crippen LogP contribution in [0.15, 0.2) is 35.1 Å². The largest absolute Gasteiger partial charge is 0.464 e. The third kappa shape index (κ3) is 1.44. The molecule has 0 aliphatic rings. The highest BCUT2D eigenvalue weighted by atomic mass is 16.4. The second kappa shape index (κ2) is 3.55. The van der Waals surface area contributed by atoms with Crippen molar-refractivity contribution >= 4 is 17.0 Å². The summed E-state index contributed by atoms with van der Waals surface area (Å²) in [6.07, 6.45) is 3.93. The second-order valence-electron chi connectivity index (χ2n) is 3.21. The van der Waals surface area contributed by atoms with E-state index in [0.29, 0.717) is 21.0 Å². The summed E-state index contributed by atoms with van der Waals surface area (Å²) in [5, 5.41) is 9.54. The number of carbonyl (C=O) groups is 1. The lowest BCUT2D eigenvalue weighted by atomic mass is 10.1. The fraction of sp³-hybridized carbons (Fsp3) is 0. The number of hydrogen-bond donors (Lipinski definition) is 1. The Morgan fingerprint density at radius 3 is 2.69 bits per heavy atom. The number of aromatic nitrogens is 1. The van der Waals surface area contributed by atoms with Crippen LogP contribution in [0.4, 0.5) is 4.79 Å². The van der Waals surface area contributed by atoms with Crippen LogP contribution in [0, 0.1) is 12.3 Å². The molecule has 0 aliphatic heterocycles. The third-order valence-electron chi connectivity index (χ3n) is 2.25. The zero-order chi connectivity index (χ0) is 11.7. The Morgan fingerprint density at radius 1 is 1.31 bits per heavy atom. The number of benzene rings is 1. The first-order valence-corrected chi connectivity index (χ1v) is 4.49. The van der Waals surface area contributed by atoms with E-state index in [-0.39, 0.29) is 0 Å². The average Bonchev–Trinajstić information content (AvgIpc) is 2.27. The molecular weight excluding hydrogens is 206 g/mol. The van der Waals surface area contributed by atoms with Gasteiger partial charge in [-0.2, -0.15) is 0 Å². The predicted octanol–water partition coefficient (Wildman–Crippen LogP) is 1.51. The van der Waals surface area contributed by atoms with Crippen molar-refractivity contribution in [3.63, 3.8) is 0 Å². The van der Waals surface area contributed by atoms with Crippen molar-refractivity contribution in [1.29, 1.82) is 0 Å². The molecule has 16 heavy (non-hydrogen) atoms. The molecule has 0 fully saturated rings. The van der Waals surface area contributed by atoms with E-state index >= 15 is 0 Å². The van der Waals surface area contributed by atoms with Crippen LogP contribution in [0.25, 0.3) is 10.9 Å². The van der Waals surface area contributed by atoms with Crippen LogP contribution in [0.3, 0.4) is 0 Å². The summed E-state index contributed by atoms with van der Waals surface area (Å²) >= 11 is 0. The van der Waals surface area contributed by atoms with Crippen LogP contribution in [-0.4, -0.2) is 15.8 Å².